The molecule has 1 aromatic carbocycles. The van der Waals surface area contributed by atoms with E-state index in [1.807, 2.05) is 12.1 Å². The van der Waals surface area contributed by atoms with E-state index in [0.29, 0.717) is 10.0 Å². The Labute approximate surface area is 101 Å². The number of alkyl halides is 1. The first-order valence-electron chi connectivity index (χ1n) is 4.68. The van der Waals surface area contributed by atoms with Crippen LogP contribution >= 0.6 is 34.8 Å². The van der Waals surface area contributed by atoms with Crippen LogP contribution in [0.25, 0.3) is 0 Å². The molecular formula is C11H15Cl3. The third kappa shape index (κ3) is 7.49. The summed E-state index contributed by atoms with van der Waals surface area (Å²) in [6, 6.07) is 7.19. The van der Waals surface area contributed by atoms with Crippen LogP contribution in [0, 0.1) is 0 Å². The summed E-state index contributed by atoms with van der Waals surface area (Å²) in [5.41, 5.74) is 0. The van der Waals surface area contributed by atoms with E-state index in [-0.39, 0.29) is 0 Å². The Bertz CT molecular complexity index is 211. The Balaban J connectivity index is 0.000000255. The van der Waals surface area contributed by atoms with Crippen molar-refractivity contribution in [2.75, 3.05) is 5.88 Å². The standard InChI is InChI=1S/C6H4Cl2.C5H11Cl/c7-5-3-1-2-4-6(5)8;1-2-3-4-5-6/h1-4H;2-5H2,1H3. The van der Waals surface area contributed by atoms with Crippen molar-refractivity contribution < 1.29 is 0 Å². The minimum Gasteiger partial charge on any atom is -0.127 e. The maximum absolute atomic E-state index is 5.58. The number of unbranched alkanes of at least 4 members (excludes halogenated alkanes) is 2. The van der Waals surface area contributed by atoms with Crippen LogP contribution in [0.4, 0.5) is 0 Å². The quantitative estimate of drug-likeness (QED) is 0.499. The van der Waals surface area contributed by atoms with Gasteiger partial charge in [-0.2, -0.15) is 0 Å². The van der Waals surface area contributed by atoms with E-state index in [9.17, 15) is 0 Å². The minimum atomic E-state index is 0.606. The largest absolute Gasteiger partial charge is 0.127 e. The summed E-state index contributed by atoms with van der Waals surface area (Å²) < 4.78 is 0. The third-order valence-electron chi connectivity index (χ3n) is 1.56. The summed E-state index contributed by atoms with van der Waals surface area (Å²) in [5, 5.41) is 1.21. The molecule has 1 rings (SSSR count). The summed E-state index contributed by atoms with van der Waals surface area (Å²) in [6.45, 7) is 2.17. The molecule has 3 heteroatoms. The van der Waals surface area contributed by atoms with Gasteiger partial charge in [-0.1, -0.05) is 55.1 Å². The molecule has 0 unspecified atom stereocenters. The molecular weight excluding hydrogens is 238 g/mol. The van der Waals surface area contributed by atoms with Crippen LogP contribution in [0.1, 0.15) is 26.2 Å². The Morgan fingerprint density at radius 2 is 1.50 bits per heavy atom. The van der Waals surface area contributed by atoms with E-state index in [1.165, 1.54) is 19.3 Å². The number of benzene rings is 1. The SMILES string of the molecule is CCCCCCl.Clc1ccccc1Cl. The highest BCUT2D eigenvalue weighted by atomic mass is 35.5. The minimum absolute atomic E-state index is 0.606. The van der Waals surface area contributed by atoms with Crippen LogP contribution in [0.5, 0.6) is 0 Å². The second-order valence-electron chi connectivity index (χ2n) is 2.81. The summed E-state index contributed by atoms with van der Waals surface area (Å²) in [5.74, 6) is 0.827. The molecule has 0 saturated carbocycles. The fourth-order valence-corrected chi connectivity index (χ4v) is 1.24. The van der Waals surface area contributed by atoms with Gasteiger partial charge in [0.25, 0.3) is 0 Å². The molecule has 0 heterocycles. The van der Waals surface area contributed by atoms with Crippen LogP contribution in [-0.4, -0.2) is 5.88 Å². The molecule has 0 N–H and O–H groups in total. The molecule has 14 heavy (non-hydrogen) atoms. The lowest BCUT2D eigenvalue weighted by atomic mass is 10.3. The molecule has 0 aliphatic heterocycles. The van der Waals surface area contributed by atoms with Crippen molar-refractivity contribution in [3.05, 3.63) is 34.3 Å². The van der Waals surface area contributed by atoms with Crippen molar-refractivity contribution in [2.24, 2.45) is 0 Å². The van der Waals surface area contributed by atoms with Gasteiger partial charge < -0.3 is 0 Å². The summed E-state index contributed by atoms with van der Waals surface area (Å²) in [6.07, 6.45) is 3.73. The van der Waals surface area contributed by atoms with Crippen LogP contribution in [0.15, 0.2) is 24.3 Å². The second kappa shape index (κ2) is 9.64. The fourth-order valence-electron chi connectivity index (χ4n) is 0.784. The normalized spacial score (nSPS) is 9.14. The predicted molar refractivity (Wildman–Crippen MR) is 66.7 cm³/mol. The molecule has 0 aliphatic carbocycles. The number of halogens is 3. The van der Waals surface area contributed by atoms with Crippen LogP contribution in [0.3, 0.4) is 0 Å². The lowest BCUT2D eigenvalue weighted by Gasteiger charge is -1.88. The summed E-state index contributed by atoms with van der Waals surface area (Å²) in [7, 11) is 0. The van der Waals surface area contributed by atoms with Gasteiger partial charge in [0.05, 0.1) is 10.0 Å². The summed E-state index contributed by atoms with van der Waals surface area (Å²) >= 11 is 16.5. The van der Waals surface area contributed by atoms with Crippen molar-refractivity contribution in [1.29, 1.82) is 0 Å². The maximum atomic E-state index is 5.58. The van der Waals surface area contributed by atoms with Gasteiger partial charge >= 0.3 is 0 Å². The van der Waals surface area contributed by atoms with Crippen molar-refractivity contribution >= 4 is 34.8 Å². The zero-order valence-electron chi connectivity index (χ0n) is 8.27. The lowest BCUT2D eigenvalue weighted by Crippen LogP contribution is -1.70. The highest BCUT2D eigenvalue weighted by molar-refractivity contribution is 6.41. The maximum Gasteiger partial charge on any atom is 0.0592 e. The van der Waals surface area contributed by atoms with Crippen molar-refractivity contribution in [3.8, 4) is 0 Å². The predicted octanol–water partition coefficient (Wildman–Crippen LogP) is 5.41. The van der Waals surface area contributed by atoms with Crippen molar-refractivity contribution in [1.82, 2.24) is 0 Å². The van der Waals surface area contributed by atoms with E-state index in [2.05, 4.69) is 6.92 Å². The molecule has 0 spiro atoms. The molecule has 0 fully saturated rings. The van der Waals surface area contributed by atoms with Crippen LogP contribution in [-0.2, 0) is 0 Å². The molecule has 0 nitrogen and oxygen atoms in total. The van der Waals surface area contributed by atoms with Gasteiger partial charge in [-0.15, -0.1) is 11.6 Å². The van der Waals surface area contributed by atoms with Gasteiger partial charge in [0.15, 0.2) is 0 Å². The highest BCUT2D eigenvalue weighted by Gasteiger charge is 1.89. The van der Waals surface area contributed by atoms with E-state index in [0.717, 1.165) is 5.88 Å². The van der Waals surface area contributed by atoms with Gasteiger partial charge in [0.2, 0.25) is 0 Å². The molecule has 0 amide bonds. The van der Waals surface area contributed by atoms with E-state index in [4.69, 9.17) is 34.8 Å². The Morgan fingerprint density at radius 3 is 1.71 bits per heavy atom. The second-order valence-corrected chi connectivity index (χ2v) is 4.00. The average molecular weight is 254 g/mol. The third-order valence-corrected chi connectivity index (χ3v) is 2.58. The molecule has 0 aromatic heterocycles. The Kier molecular flexibility index (Phi) is 9.70. The first-order chi connectivity index (χ1) is 6.72. The summed E-state index contributed by atoms with van der Waals surface area (Å²) in [4.78, 5) is 0. The Morgan fingerprint density at radius 1 is 1.00 bits per heavy atom. The van der Waals surface area contributed by atoms with E-state index < -0.39 is 0 Å². The number of rotatable bonds is 3. The molecule has 0 radical (unpaired) electrons. The van der Waals surface area contributed by atoms with E-state index in [1.54, 1.807) is 12.1 Å². The number of hydrogen-bond acceptors (Lipinski definition) is 0. The van der Waals surface area contributed by atoms with Crippen molar-refractivity contribution in [2.45, 2.75) is 26.2 Å². The molecule has 0 saturated heterocycles. The van der Waals surface area contributed by atoms with Gasteiger partial charge in [0.1, 0.15) is 0 Å². The number of hydrogen-bond donors (Lipinski definition) is 0. The molecule has 0 aliphatic rings. The van der Waals surface area contributed by atoms with Crippen molar-refractivity contribution in [3.63, 3.8) is 0 Å². The van der Waals surface area contributed by atoms with Gasteiger partial charge in [-0.25, -0.2) is 0 Å². The first-order valence-corrected chi connectivity index (χ1v) is 5.97. The highest BCUT2D eigenvalue weighted by Crippen LogP contribution is 2.19. The van der Waals surface area contributed by atoms with E-state index >= 15 is 0 Å². The zero-order valence-corrected chi connectivity index (χ0v) is 10.5. The van der Waals surface area contributed by atoms with Gasteiger partial charge in [-0.05, 0) is 18.6 Å². The first kappa shape index (κ1) is 14.1. The molecule has 1 aromatic rings. The monoisotopic (exact) mass is 252 g/mol. The smallest absolute Gasteiger partial charge is 0.0592 e. The zero-order chi connectivity index (χ0) is 10.8. The lowest BCUT2D eigenvalue weighted by molar-refractivity contribution is 0.776. The average Bonchev–Trinajstić information content (AvgIpc) is 2.20. The van der Waals surface area contributed by atoms with Gasteiger partial charge in [0, 0.05) is 5.88 Å². The topological polar surface area (TPSA) is 0 Å². The Hall–Kier alpha value is 0.0900. The fraction of sp³-hybridized carbons (Fsp3) is 0.455. The molecule has 0 atom stereocenters. The van der Waals surface area contributed by atoms with Crippen LogP contribution < -0.4 is 0 Å². The molecule has 0 bridgehead atoms. The van der Waals surface area contributed by atoms with Gasteiger partial charge in [-0.3, -0.25) is 0 Å². The van der Waals surface area contributed by atoms with Crippen LogP contribution in [0.2, 0.25) is 10.0 Å². The molecule has 80 valence electrons.